The Labute approximate surface area is 151 Å². The molecule has 3 aromatic carbocycles. The molecule has 0 amide bonds. The molecule has 0 bridgehead atoms. The lowest BCUT2D eigenvalue weighted by Crippen LogP contribution is -2.13. The summed E-state index contributed by atoms with van der Waals surface area (Å²) in [5.41, 5.74) is 1.18. The first kappa shape index (κ1) is 17.8. The predicted molar refractivity (Wildman–Crippen MR) is 96.1 cm³/mol. The summed E-state index contributed by atoms with van der Waals surface area (Å²) < 4.78 is 30.9. The normalized spacial score (nSPS) is 11.4. The number of hydrogen-bond acceptors (Lipinski definition) is 5. The molecule has 3 aromatic rings. The van der Waals surface area contributed by atoms with E-state index in [1.807, 2.05) is 12.1 Å². The molecule has 0 saturated carbocycles. The van der Waals surface area contributed by atoms with E-state index in [2.05, 4.69) is 0 Å². The zero-order chi connectivity index (χ0) is 18.6. The molecule has 0 aliphatic carbocycles. The molecule has 7 heteroatoms. The van der Waals surface area contributed by atoms with E-state index in [1.165, 1.54) is 12.1 Å². The van der Waals surface area contributed by atoms with Crippen LogP contribution in [0.15, 0.2) is 89.8 Å². The van der Waals surface area contributed by atoms with Gasteiger partial charge >= 0.3 is 0 Å². The van der Waals surface area contributed by atoms with E-state index in [0.717, 1.165) is 12.1 Å². The van der Waals surface area contributed by atoms with Gasteiger partial charge in [0.15, 0.2) is 0 Å². The number of rotatable bonds is 6. The highest BCUT2D eigenvalue weighted by Gasteiger charge is 2.25. The van der Waals surface area contributed by atoms with Gasteiger partial charge in [0.2, 0.25) is 0 Å². The molecule has 0 fully saturated rings. The van der Waals surface area contributed by atoms with Crippen molar-refractivity contribution in [3.63, 3.8) is 0 Å². The summed E-state index contributed by atoms with van der Waals surface area (Å²) in [5, 5.41) is 10.7. The van der Waals surface area contributed by atoms with Gasteiger partial charge in [-0.25, -0.2) is 0 Å². The van der Waals surface area contributed by atoms with Gasteiger partial charge in [-0.3, -0.25) is 14.3 Å². The fraction of sp³-hybridized carbons (Fsp3) is 0.0526. The van der Waals surface area contributed by atoms with Crippen molar-refractivity contribution in [2.24, 2.45) is 0 Å². The van der Waals surface area contributed by atoms with E-state index in [1.54, 1.807) is 48.5 Å². The molecular formula is C19H15NO5S. The van der Waals surface area contributed by atoms with Crippen molar-refractivity contribution in [3.8, 4) is 0 Å². The molecule has 0 radical (unpaired) electrons. The third-order valence-corrected chi connectivity index (χ3v) is 5.06. The SMILES string of the molecule is O=[N+]([O-])c1ccc(S(=O)(=O)OC(c2ccccc2)c2ccccc2)cc1. The second kappa shape index (κ2) is 7.47. The summed E-state index contributed by atoms with van der Waals surface area (Å²) >= 11 is 0. The van der Waals surface area contributed by atoms with Crippen molar-refractivity contribution in [1.29, 1.82) is 0 Å². The molecule has 0 aliphatic rings. The Morgan fingerprint density at radius 2 is 1.23 bits per heavy atom. The number of benzene rings is 3. The molecule has 0 atom stereocenters. The highest BCUT2D eigenvalue weighted by Crippen LogP contribution is 2.30. The smallest absolute Gasteiger partial charge is 0.258 e. The summed E-state index contributed by atoms with van der Waals surface area (Å²) in [5.74, 6) is 0. The van der Waals surface area contributed by atoms with Gasteiger partial charge < -0.3 is 0 Å². The minimum atomic E-state index is -4.12. The molecule has 132 valence electrons. The van der Waals surface area contributed by atoms with Gasteiger partial charge in [0.25, 0.3) is 15.8 Å². The molecule has 0 heterocycles. The van der Waals surface area contributed by atoms with Crippen LogP contribution in [0.3, 0.4) is 0 Å². The fourth-order valence-electron chi connectivity index (χ4n) is 2.48. The minimum absolute atomic E-state index is 0.139. The molecule has 0 spiro atoms. The minimum Gasteiger partial charge on any atom is -0.258 e. The van der Waals surface area contributed by atoms with Crippen LogP contribution in [0, 0.1) is 10.1 Å². The van der Waals surface area contributed by atoms with Crippen LogP contribution >= 0.6 is 0 Å². The Kier molecular flexibility index (Phi) is 5.11. The highest BCUT2D eigenvalue weighted by atomic mass is 32.2. The molecule has 0 N–H and O–H groups in total. The summed E-state index contributed by atoms with van der Waals surface area (Å²) in [6.07, 6.45) is -0.822. The van der Waals surface area contributed by atoms with Crippen LogP contribution in [0.5, 0.6) is 0 Å². The van der Waals surface area contributed by atoms with E-state index in [0.29, 0.717) is 11.1 Å². The van der Waals surface area contributed by atoms with Crippen LogP contribution < -0.4 is 0 Å². The lowest BCUT2D eigenvalue weighted by Gasteiger charge is -2.18. The summed E-state index contributed by atoms with van der Waals surface area (Å²) in [7, 11) is -4.12. The second-order valence-corrected chi connectivity index (χ2v) is 7.07. The molecule has 0 saturated heterocycles. The van der Waals surface area contributed by atoms with Crippen molar-refractivity contribution < 1.29 is 17.5 Å². The van der Waals surface area contributed by atoms with E-state index in [-0.39, 0.29) is 10.6 Å². The zero-order valence-electron chi connectivity index (χ0n) is 13.6. The van der Waals surface area contributed by atoms with Crippen molar-refractivity contribution in [1.82, 2.24) is 0 Å². The maximum absolute atomic E-state index is 12.7. The average molecular weight is 369 g/mol. The molecule has 0 unspecified atom stereocenters. The zero-order valence-corrected chi connectivity index (χ0v) is 14.4. The Morgan fingerprint density at radius 3 is 1.65 bits per heavy atom. The Bertz CT molecular complexity index is 948. The molecule has 3 rings (SSSR count). The number of hydrogen-bond donors (Lipinski definition) is 0. The van der Waals surface area contributed by atoms with E-state index < -0.39 is 21.1 Å². The number of nitrogens with zero attached hydrogens (tertiary/aromatic N) is 1. The maximum Gasteiger partial charge on any atom is 0.297 e. The third-order valence-electron chi connectivity index (χ3n) is 3.76. The van der Waals surface area contributed by atoms with E-state index in [9.17, 15) is 18.5 Å². The van der Waals surface area contributed by atoms with E-state index >= 15 is 0 Å². The van der Waals surface area contributed by atoms with E-state index in [4.69, 9.17) is 4.18 Å². The summed E-state index contributed by atoms with van der Waals surface area (Å²) in [6.45, 7) is 0. The molecule has 6 nitrogen and oxygen atoms in total. The van der Waals surface area contributed by atoms with Gasteiger partial charge in [0, 0.05) is 12.1 Å². The molecular weight excluding hydrogens is 354 g/mol. The topological polar surface area (TPSA) is 86.5 Å². The lowest BCUT2D eigenvalue weighted by atomic mass is 10.0. The fourth-order valence-corrected chi connectivity index (χ4v) is 3.53. The molecule has 26 heavy (non-hydrogen) atoms. The summed E-state index contributed by atoms with van der Waals surface area (Å²) in [6, 6.07) is 22.6. The van der Waals surface area contributed by atoms with Crippen molar-refractivity contribution in [2.75, 3.05) is 0 Å². The monoisotopic (exact) mass is 369 g/mol. The number of nitro benzene ring substituents is 1. The van der Waals surface area contributed by atoms with Gasteiger partial charge in [0.1, 0.15) is 6.10 Å². The first-order valence-corrected chi connectivity index (χ1v) is 9.16. The van der Waals surface area contributed by atoms with Crippen LogP contribution in [0.25, 0.3) is 0 Å². The predicted octanol–water partition coefficient (Wildman–Crippen LogP) is 4.09. The van der Waals surface area contributed by atoms with Crippen LogP contribution in [-0.2, 0) is 14.3 Å². The van der Waals surface area contributed by atoms with Gasteiger partial charge in [-0.1, -0.05) is 60.7 Å². The first-order chi connectivity index (χ1) is 12.5. The standard InChI is InChI=1S/C19H15NO5S/c21-20(22)17-11-13-18(14-12-17)26(23,24)25-19(15-7-3-1-4-8-15)16-9-5-2-6-10-16/h1-14,19H. The molecule has 0 aromatic heterocycles. The van der Waals surface area contributed by atoms with Gasteiger partial charge in [-0.15, -0.1) is 0 Å². The average Bonchev–Trinajstić information content (AvgIpc) is 2.67. The Hall–Kier alpha value is -3.03. The first-order valence-electron chi connectivity index (χ1n) is 7.75. The van der Waals surface area contributed by atoms with Gasteiger partial charge in [-0.05, 0) is 23.3 Å². The van der Waals surface area contributed by atoms with Gasteiger partial charge in [0.05, 0.1) is 9.82 Å². The van der Waals surface area contributed by atoms with Crippen LogP contribution in [0.4, 0.5) is 5.69 Å². The largest absolute Gasteiger partial charge is 0.297 e. The van der Waals surface area contributed by atoms with Gasteiger partial charge in [-0.2, -0.15) is 8.42 Å². The van der Waals surface area contributed by atoms with Crippen LogP contribution in [0.2, 0.25) is 0 Å². The quantitative estimate of drug-likeness (QED) is 0.371. The van der Waals surface area contributed by atoms with Crippen LogP contribution in [-0.4, -0.2) is 13.3 Å². The Balaban J connectivity index is 1.97. The number of nitro groups is 1. The van der Waals surface area contributed by atoms with Crippen molar-refractivity contribution in [3.05, 3.63) is 106 Å². The van der Waals surface area contributed by atoms with Crippen molar-refractivity contribution >= 4 is 15.8 Å². The highest BCUT2D eigenvalue weighted by molar-refractivity contribution is 7.86. The third kappa shape index (κ3) is 3.96. The van der Waals surface area contributed by atoms with Crippen LogP contribution in [0.1, 0.15) is 17.2 Å². The second-order valence-electron chi connectivity index (χ2n) is 5.50. The molecule has 0 aliphatic heterocycles. The maximum atomic E-state index is 12.7. The van der Waals surface area contributed by atoms with Crippen molar-refractivity contribution in [2.45, 2.75) is 11.0 Å². The summed E-state index contributed by atoms with van der Waals surface area (Å²) in [4.78, 5) is 10.0. The Morgan fingerprint density at radius 1 is 0.769 bits per heavy atom. The number of non-ortho nitro benzene ring substituents is 1. The lowest BCUT2D eigenvalue weighted by molar-refractivity contribution is -0.384.